The molecule has 2 aromatic rings. The molecule has 0 radical (unpaired) electrons. The molecule has 2 N–H and O–H groups in total. The van der Waals surface area contributed by atoms with Crippen molar-refractivity contribution in [2.75, 3.05) is 38.0 Å². The molecule has 8 nitrogen and oxygen atoms in total. The van der Waals surface area contributed by atoms with Crippen molar-refractivity contribution in [3.8, 4) is 0 Å². The molecule has 0 bridgehead atoms. The van der Waals surface area contributed by atoms with Crippen molar-refractivity contribution >= 4 is 23.4 Å². The van der Waals surface area contributed by atoms with Crippen LogP contribution in [0.25, 0.3) is 0 Å². The van der Waals surface area contributed by atoms with Gasteiger partial charge in [0, 0.05) is 13.7 Å². The van der Waals surface area contributed by atoms with Crippen LogP contribution in [0.3, 0.4) is 0 Å². The highest BCUT2D eigenvalue weighted by atomic mass is 16.5. The summed E-state index contributed by atoms with van der Waals surface area (Å²) in [6.45, 7) is 1.12. The first-order valence-electron chi connectivity index (χ1n) is 7.21. The van der Waals surface area contributed by atoms with E-state index in [1.807, 2.05) is 0 Å². The molecule has 1 aromatic heterocycles. The van der Waals surface area contributed by atoms with Crippen LogP contribution in [0.4, 0.5) is 11.5 Å². The number of rotatable bonds is 7. The number of aromatic nitrogens is 2. The van der Waals surface area contributed by atoms with Crippen molar-refractivity contribution in [2.45, 2.75) is 0 Å². The molecule has 0 saturated heterocycles. The van der Waals surface area contributed by atoms with Crippen molar-refractivity contribution < 1.29 is 19.1 Å². The summed E-state index contributed by atoms with van der Waals surface area (Å²) < 4.78 is 9.61. The van der Waals surface area contributed by atoms with Crippen LogP contribution in [0, 0.1) is 0 Å². The van der Waals surface area contributed by atoms with Gasteiger partial charge in [-0.3, -0.25) is 4.79 Å². The molecule has 0 spiro atoms. The van der Waals surface area contributed by atoms with E-state index in [0.717, 1.165) is 0 Å². The van der Waals surface area contributed by atoms with Crippen LogP contribution in [-0.4, -0.2) is 49.4 Å². The zero-order valence-electron chi connectivity index (χ0n) is 13.4. The molecule has 24 heavy (non-hydrogen) atoms. The monoisotopic (exact) mass is 330 g/mol. The number of amides is 1. The molecule has 0 aliphatic rings. The van der Waals surface area contributed by atoms with E-state index in [9.17, 15) is 9.59 Å². The fourth-order valence-electron chi connectivity index (χ4n) is 1.90. The number of nitrogens with one attached hydrogen (secondary N) is 2. The van der Waals surface area contributed by atoms with Crippen molar-refractivity contribution in [3.05, 3.63) is 47.7 Å². The van der Waals surface area contributed by atoms with Gasteiger partial charge in [-0.25, -0.2) is 4.79 Å². The molecule has 0 saturated carbocycles. The number of anilines is 2. The highest BCUT2D eigenvalue weighted by molar-refractivity contribution is 6.07. The van der Waals surface area contributed by atoms with Crippen LogP contribution in [0.15, 0.2) is 36.4 Å². The van der Waals surface area contributed by atoms with E-state index < -0.39 is 11.9 Å². The smallest absolute Gasteiger partial charge is 0.339 e. The third kappa shape index (κ3) is 4.50. The summed E-state index contributed by atoms with van der Waals surface area (Å²) in [5, 5.41) is 13.4. The first-order chi connectivity index (χ1) is 11.7. The van der Waals surface area contributed by atoms with Gasteiger partial charge in [0.1, 0.15) is 5.82 Å². The van der Waals surface area contributed by atoms with Crippen LogP contribution < -0.4 is 10.6 Å². The molecule has 126 valence electrons. The van der Waals surface area contributed by atoms with Crippen LogP contribution in [0.1, 0.15) is 20.8 Å². The highest BCUT2D eigenvalue weighted by Gasteiger charge is 2.15. The Morgan fingerprint density at radius 2 is 1.88 bits per heavy atom. The average molecular weight is 330 g/mol. The number of esters is 1. The van der Waals surface area contributed by atoms with E-state index in [-0.39, 0.29) is 11.3 Å². The third-order valence-corrected chi connectivity index (χ3v) is 3.09. The van der Waals surface area contributed by atoms with E-state index in [1.54, 1.807) is 37.4 Å². The van der Waals surface area contributed by atoms with E-state index in [2.05, 4.69) is 25.6 Å². The lowest BCUT2D eigenvalue weighted by molar-refractivity contribution is 0.0602. The maximum absolute atomic E-state index is 12.2. The summed E-state index contributed by atoms with van der Waals surface area (Å²) in [6.07, 6.45) is 0. The quantitative estimate of drug-likeness (QED) is 0.587. The molecule has 0 aliphatic heterocycles. The minimum absolute atomic E-state index is 0.131. The van der Waals surface area contributed by atoms with Gasteiger partial charge < -0.3 is 20.1 Å². The van der Waals surface area contributed by atoms with Crippen molar-refractivity contribution in [2.24, 2.45) is 0 Å². The number of hydrogen-bond acceptors (Lipinski definition) is 7. The Kier molecular flexibility index (Phi) is 6.21. The Balaban J connectivity index is 2.06. The molecule has 1 amide bonds. The van der Waals surface area contributed by atoms with Crippen molar-refractivity contribution in [1.29, 1.82) is 0 Å². The van der Waals surface area contributed by atoms with Crippen LogP contribution in [0.5, 0.6) is 0 Å². The maximum atomic E-state index is 12.2. The number of nitrogens with zero attached hydrogens (tertiary/aromatic N) is 2. The van der Waals surface area contributed by atoms with Gasteiger partial charge in [-0.2, -0.15) is 0 Å². The first kappa shape index (κ1) is 17.4. The second-order valence-corrected chi connectivity index (χ2v) is 4.71. The van der Waals surface area contributed by atoms with Crippen molar-refractivity contribution in [3.63, 3.8) is 0 Å². The zero-order valence-corrected chi connectivity index (χ0v) is 13.4. The van der Waals surface area contributed by atoms with E-state index >= 15 is 0 Å². The fraction of sp³-hybridized carbons (Fsp3) is 0.250. The van der Waals surface area contributed by atoms with Gasteiger partial charge in [0.05, 0.1) is 25.0 Å². The van der Waals surface area contributed by atoms with Crippen LogP contribution in [-0.2, 0) is 9.47 Å². The molecular weight excluding hydrogens is 312 g/mol. The molecule has 2 rings (SSSR count). The topological polar surface area (TPSA) is 102 Å². The molecule has 8 heteroatoms. The normalized spacial score (nSPS) is 10.1. The Hall–Kier alpha value is -3.00. The predicted molar refractivity (Wildman–Crippen MR) is 88.1 cm³/mol. The number of para-hydroxylation sites is 1. The summed E-state index contributed by atoms with van der Waals surface area (Å²) in [6, 6.07) is 9.74. The van der Waals surface area contributed by atoms with Gasteiger partial charge in [0.15, 0.2) is 5.69 Å². The minimum atomic E-state index is -0.533. The van der Waals surface area contributed by atoms with E-state index in [4.69, 9.17) is 4.74 Å². The lowest BCUT2D eigenvalue weighted by atomic mass is 10.1. The third-order valence-electron chi connectivity index (χ3n) is 3.09. The summed E-state index contributed by atoms with van der Waals surface area (Å²) >= 11 is 0. The predicted octanol–water partition coefficient (Wildman–Crippen LogP) is 1.57. The molecule has 1 heterocycles. The highest BCUT2D eigenvalue weighted by Crippen LogP contribution is 2.17. The Morgan fingerprint density at radius 3 is 2.54 bits per heavy atom. The Bertz CT molecular complexity index is 703. The lowest BCUT2D eigenvalue weighted by Gasteiger charge is -2.09. The minimum Gasteiger partial charge on any atom is -0.465 e. The summed E-state index contributed by atoms with van der Waals surface area (Å²) in [4.78, 5) is 23.9. The van der Waals surface area contributed by atoms with Crippen LogP contribution >= 0.6 is 0 Å². The Labute approximate surface area is 139 Å². The molecule has 0 fully saturated rings. The number of ether oxygens (including phenoxy) is 2. The average Bonchev–Trinajstić information content (AvgIpc) is 2.62. The standard InChI is InChI=1S/C16H18N4O4/c1-23-10-9-17-14-8-7-13(19-20-14)15(21)18-12-6-4-3-5-11(12)16(22)24-2/h3-8H,9-10H2,1-2H3,(H,17,20)(H,18,21). The number of methoxy groups -OCH3 is 2. The van der Waals surface area contributed by atoms with Gasteiger partial charge in [0.25, 0.3) is 5.91 Å². The molecule has 1 aromatic carbocycles. The summed E-state index contributed by atoms with van der Waals surface area (Å²) in [7, 11) is 2.88. The maximum Gasteiger partial charge on any atom is 0.339 e. The Morgan fingerprint density at radius 1 is 1.08 bits per heavy atom. The fourth-order valence-corrected chi connectivity index (χ4v) is 1.90. The first-order valence-corrected chi connectivity index (χ1v) is 7.21. The van der Waals surface area contributed by atoms with Gasteiger partial charge >= 0.3 is 5.97 Å². The van der Waals surface area contributed by atoms with Gasteiger partial charge in [-0.05, 0) is 24.3 Å². The second-order valence-electron chi connectivity index (χ2n) is 4.71. The number of hydrogen-bond donors (Lipinski definition) is 2. The second kappa shape index (κ2) is 8.59. The number of carbonyl (C=O) groups excluding carboxylic acids is 2. The lowest BCUT2D eigenvalue weighted by Crippen LogP contribution is -2.17. The SMILES string of the molecule is COCCNc1ccc(C(=O)Nc2ccccc2C(=O)OC)nn1. The van der Waals surface area contributed by atoms with Gasteiger partial charge in [-0.1, -0.05) is 12.1 Å². The number of benzene rings is 1. The number of carbonyl (C=O) groups is 2. The van der Waals surface area contributed by atoms with Gasteiger partial charge in [-0.15, -0.1) is 10.2 Å². The van der Waals surface area contributed by atoms with E-state index in [1.165, 1.54) is 13.2 Å². The largest absolute Gasteiger partial charge is 0.465 e. The summed E-state index contributed by atoms with van der Waals surface area (Å²) in [5.41, 5.74) is 0.740. The molecule has 0 atom stereocenters. The summed E-state index contributed by atoms with van der Waals surface area (Å²) in [5.74, 6) is -0.462. The zero-order chi connectivity index (χ0) is 17.4. The van der Waals surface area contributed by atoms with Crippen molar-refractivity contribution in [1.82, 2.24) is 10.2 Å². The molecule has 0 unspecified atom stereocenters. The van der Waals surface area contributed by atoms with Crippen LogP contribution in [0.2, 0.25) is 0 Å². The molecular formula is C16H18N4O4. The molecule has 0 aliphatic carbocycles. The van der Waals surface area contributed by atoms with Gasteiger partial charge in [0.2, 0.25) is 0 Å². The van der Waals surface area contributed by atoms with E-state index in [0.29, 0.717) is 24.7 Å².